The number of aryl methyl sites for hydroxylation is 2. The van der Waals surface area contributed by atoms with E-state index in [0.717, 1.165) is 13.1 Å². The SMILES string of the molecule is CCNCC(CCc1cccs1)c1ccccc1C. The molecule has 1 aromatic carbocycles. The number of rotatable bonds is 7. The normalized spacial score (nSPS) is 12.5. The van der Waals surface area contributed by atoms with Gasteiger partial charge in [-0.25, -0.2) is 0 Å². The molecule has 1 heterocycles. The summed E-state index contributed by atoms with van der Waals surface area (Å²) in [6, 6.07) is 13.2. The Balaban J connectivity index is 2.05. The fourth-order valence-electron chi connectivity index (χ4n) is 2.50. The summed E-state index contributed by atoms with van der Waals surface area (Å²) < 4.78 is 0. The summed E-state index contributed by atoms with van der Waals surface area (Å²) >= 11 is 1.87. The van der Waals surface area contributed by atoms with Crippen LogP contribution in [0.5, 0.6) is 0 Å². The van der Waals surface area contributed by atoms with Crippen LogP contribution in [0.3, 0.4) is 0 Å². The first-order valence-corrected chi connectivity index (χ1v) is 7.98. The first-order chi connectivity index (χ1) is 9.31. The Labute approximate surface area is 120 Å². The van der Waals surface area contributed by atoms with Crippen molar-refractivity contribution in [2.24, 2.45) is 0 Å². The molecule has 0 fully saturated rings. The van der Waals surface area contributed by atoms with Crippen LogP contribution in [0.4, 0.5) is 0 Å². The second-order valence-electron chi connectivity index (χ2n) is 4.98. The minimum atomic E-state index is 0.614. The molecule has 0 saturated heterocycles. The lowest BCUT2D eigenvalue weighted by Crippen LogP contribution is -2.22. The lowest BCUT2D eigenvalue weighted by molar-refractivity contribution is 0.561. The van der Waals surface area contributed by atoms with Gasteiger partial charge in [0.1, 0.15) is 0 Å². The lowest BCUT2D eigenvalue weighted by Gasteiger charge is -2.19. The van der Waals surface area contributed by atoms with Gasteiger partial charge in [-0.05, 0) is 54.8 Å². The van der Waals surface area contributed by atoms with Crippen LogP contribution in [0.15, 0.2) is 41.8 Å². The molecule has 2 heteroatoms. The van der Waals surface area contributed by atoms with Crippen molar-refractivity contribution < 1.29 is 0 Å². The molecule has 0 radical (unpaired) electrons. The highest BCUT2D eigenvalue weighted by molar-refractivity contribution is 7.09. The Morgan fingerprint density at radius 2 is 2.00 bits per heavy atom. The summed E-state index contributed by atoms with van der Waals surface area (Å²) in [4.78, 5) is 1.50. The maximum Gasteiger partial charge on any atom is 0.00454 e. The predicted molar refractivity (Wildman–Crippen MR) is 85.1 cm³/mol. The van der Waals surface area contributed by atoms with Crippen molar-refractivity contribution >= 4 is 11.3 Å². The standard InChI is InChI=1S/C17H23NS/c1-3-18-13-15(10-11-16-8-6-12-19-16)17-9-5-4-7-14(17)2/h4-9,12,15,18H,3,10-11,13H2,1-2H3. The van der Waals surface area contributed by atoms with Crippen LogP contribution in [0.25, 0.3) is 0 Å². The smallest absolute Gasteiger partial charge is 0.00454 e. The van der Waals surface area contributed by atoms with Crippen molar-refractivity contribution in [2.45, 2.75) is 32.6 Å². The third-order valence-electron chi connectivity index (χ3n) is 3.59. The third-order valence-corrected chi connectivity index (χ3v) is 4.52. The fourth-order valence-corrected chi connectivity index (χ4v) is 3.23. The third kappa shape index (κ3) is 4.19. The highest BCUT2D eigenvalue weighted by Gasteiger charge is 2.13. The van der Waals surface area contributed by atoms with Gasteiger partial charge in [-0.2, -0.15) is 0 Å². The molecule has 2 rings (SSSR count). The van der Waals surface area contributed by atoms with Crippen LogP contribution in [-0.2, 0) is 6.42 Å². The zero-order chi connectivity index (χ0) is 13.5. The molecule has 1 nitrogen and oxygen atoms in total. The topological polar surface area (TPSA) is 12.0 Å². The summed E-state index contributed by atoms with van der Waals surface area (Å²) in [5.41, 5.74) is 2.91. The van der Waals surface area contributed by atoms with Crippen LogP contribution < -0.4 is 5.32 Å². The van der Waals surface area contributed by atoms with Crippen LogP contribution in [0.1, 0.15) is 35.3 Å². The lowest BCUT2D eigenvalue weighted by atomic mass is 9.90. The first kappa shape index (κ1) is 14.3. The molecule has 1 aromatic heterocycles. The Hall–Kier alpha value is -1.12. The zero-order valence-corrected chi connectivity index (χ0v) is 12.7. The maximum atomic E-state index is 3.51. The molecule has 0 bridgehead atoms. The fraction of sp³-hybridized carbons (Fsp3) is 0.412. The average Bonchev–Trinajstić information content (AvgIpc) is 2.93. The van der Waals surface area contributed by atoms with Crippen LogP contribution in [-0.4, -0.2) is 13.1 Å². The Morgan fingerprint density at radius 3 is 2.68 bits per heavy atom. The van der Waals surface area contributed by atoms with E-state index in [1.807, 2.05) is 11.3 Å². The van der Waals surface area contributed by atoms with Gasteiger partial charge in [-0.15, -0.1) is 11.3 Å². The number of nitrogens with one attached hydrogen (secondary N) is 1. The van der Waals surface area contributed by atoms with E-state index in [9.17, 15) is 0 Å². The summed E-state index contributed by atoms with van der Waals surface area (Å²) in [5.74, 6) is 0.614. The molecule has 0 spiro atoms. The van der Waals surface area contributed by atoms with Gasteiger partial charge in [0.15, 0.2) is 0 Å². The molecule has 0 aliphatic heterocycles. The molecule has 2 aromatic rings. The second kappa shape index (κ2) is 7.46. The van der Waals surface area contributed by atoms with Crippen molar-refractivity contribution in [1.82, 2.24) is 5.32 Å². The molecule has 1 N–H and O–H groups in total. The molecule has 1 unspecified atom stereocenters. The van der Waals surface area contributed by atoms with Gasteiger partial charge in [0, 0.05) is 11.4 Å². The van der Waals surface area contributed by atoms with Gasteiger partial charge >= 0.3 is 0 Å². The van der Waals surface area contributed by atoms with Gasteiger partial charge in [0.25, 0.3) is 0 Å². The van der Waals surface area contributed by atoms with E-state index in [-0.39, 0.29) is 0 Å². The monoisotopic (exact) mass is 273 g/mol. The maximum absolute atomic E-state index is 3.51. The number of thiophene rings is 1. The van der Waals surface area contributed by atoms with Crippen molar-refractivity contribution in [3.05, 3.63) is 57.8 Å². The van der Waals surface area contributed by atoms with Gasteiger partial charge in [-0.3, -0.25) is 0 Å². The molecular formula is C17H23NS. The van der Waals surface area contributed by atoms with E-state index in [1.54, 1.807) is 0 Å². The van der Waals surface area contributed by atoms with Crippen molar-refractivity contribution in [1.29, 1.82) is 0 Å². The van der Waals surface area contributed by atoms with Crippen LogP contribution >= 0.6 is 11.3 Å². The molecule has 19 heavy (non-hydrogen) atoms. The second-order valence-corrected chi connectivity index (χ2v) is 6.01. The molecular weight excluding hydrogens is 250 g/mol. The highest BCUT2D eigenvalue weighted by atomic mass is 32.1. The Kier molecular flexibility index (Phi) is 5.62. The average molecular weight is 273 g/mol. The van der Waals surface area contributed by atoms with Crippen LogP contribution in [0.2, 0.25) is 0 Å². The summed E-state index contributed by atoms with van der Waals surface area (Å²) in [7, 11) is 0. The van der Waals surface area contributed by atoms with Crippen molar-refractivity contribution in [3.8, 4) is 0 Å². The van der Waals surface area contributed by atoms with E-state index >= 15 is 0 Å². The number of likely N-dealkylation sites (N-methyl/N-ethyl adjacent to an activating group) is 1. The Bertz CT molecular complexity index is 476. The van der Waals surface area contributed by atoms with E-state index in [4.69, 9.17) is 0 Å². The van der Waals surface area contributed by atoms with Crippen LogP contribution in [0, 0.1) is 6.92 Å². The predicted octanol–water partition coefficient (Wildman–Crippen LogP) is 4.38. The van der Waals surface area contributed by atoms with E-state index in [1.165, 1.54) is 28.8 Å². The number of hydrogen-bond acceptors (Lipinski definition) is 2. The van der Waals surface area contributed by atoms with E-state index in [0.29, 0.717) is 5.92 Å². The summed E-state index contributed by atoms with van der Waals surface area (Å²) in [6.07, 6.45) is 2.40. The molecule has 0 amide bonds. The van der Waals surface area contributed by atoms with Gasteiger partial charge < -0.3 is 5.32 Å². The first-order valence-electron chi connectivity index (χ1n) is 7.10. The van der Waals surface area contributed by atoms with Gasteiger partial charge in [-0.1, -0.05) is 37.3 Å². The molecule has 0 saturated carbocycles. The highest BCUT2D eigenvalue weighted by Crippen LogP contribution is 2.25. The largest absolute Gasteiger partial charge is 0.316 e. The van der Waals surface area contributed by atoms with E-state index in [2.05, 4.69) is 60.9 Å². The quantitative estimate of drug-likeness (QED) is 0.789. The molecule has 0 aliphatic rings. The molecule has 1 atom stereocenters. The number of hydrogen-bond donors (Lipinski definition) is 1. The van der Waals surface area contributed by atoms with Gasteiger partial charge in [0.2, 0.25) is 0 Å². The minimum Gasteiger partial charge on any atom is -0.316 e. The van der Waals surface area contributed by atoms with Crippen molar-refractivity contribution in [3.63, 3.8) is 0 Å². The summed E-state index contributed by atoms with van der Waals surface area (Å²) in [5, 5.41) is 5.68. The molecule has 102 valence electrons. The minimum absolute atomic E-state index is 0.614. The van der Waals surface area contributed by atoms with E-state index < -0.39 is 0 Å². The van der Waals surface area contributed by atoms with Gasteiger partial charge in [0.05, 0.1) is 0 Å². The summed E-state index contributed by atoms with van der Waals surface area (Å²) in [6.45, 7) is 6.52. The molecule has 0 aliphatic carbocycles. The number of benzene rings is 1. The Morgan fingerprint density at radius 1 is 1.16 bits per heavy atom. The zero-order valence-electron chi connectivity index (χ0n) is 11.9. The van der Waals surface area contributed by atoms with Crippen molar-refractivity contribution in [2.75, 3.05) is 13.1 Å².